The molecule has 0 aliphatic heterocycles. The molecular weight excluding hydrogens is 208 g/mol. The summed E-state index contributed by atoms with van der Waals surface area (Å²) in [4.78, 5) is 2.47. The molecule has 0 atom stereocenters. The second kappa shape index (κ2) is 7.88. The Morgan fingerprint density at radius 3 is 2.35 bits per heavy atom. The molecule has 0 aromatic heterocycles. The van der Waals surface area contributed by atoms with E-state index < -0.39 is 0 Å². The van der Waals surface area contributed by atoms with Gasteiger partial charge in [0.05, 0.1) is 0 Å². The summed E-state index contributed by atoms with van der Waals surface area (Å²) in [6.07, 6.45) is 0. The first kappa shape index (κ1) is 16.7. The Labute approximate surface area is 108 Å². The van der Waals surface area contributed by atoms with Crippen molar-refractivity contribution in [3.8, 4) is 0 Å². The van der Waals surface area contributed by atoms with Gasteiger partial charge < -0.3 is 5.32 Å². The number of hydrogen-bond acceptors (Lipinski definition) is 2. The predicted octanol–water partition coefficient (Wildman–Crippen LogP) is 3.16. The maximum atomic E-state index is 4.00. The zero-order valence-corrected chi connectivity index (χ0v) is 12.8. The molecule has 0 saturated heterocycles. The first-order valence-electron chi connectivity index (χ1n) is 6.84. The molecule has 0 unspecified atom stereocenters. The van der Waals surface area contributed by atoms with E-state index in [2.05, 4.69) is 58.3 Å². The number of nitrogens with one attached hydrogen (secondary N) is 1. The van der Waals surface area contributed by atoms with Gasteiger partial charge in [0.2, 0.25) is 0 Å². The number of hydrogen-bond donors (Lipinski definition) is 1. The standard InChI is InChI=1S/C15H32N2/c1-8-17(10-14(4)5)12-15(6,7)11-16-9-13(2)3/h13,16H,4,8-12H2,1-3,5-7H3. The van der Waals surface area contributed by atoms with Crippen molar-refractivity contribution in [1.29, 1.82) is 0 Å². The van der Waals surface area contributed by atoms with Crippen molar-refractivity contribution in [2.75, 3.05) is 32.7 Å². The number of nitrogens with zero attached hydrogens (tertiary/aromatic N) is 1. The van der Waals surface area contributed by atoms with E-state index in [1.54, 1.807) is 0 Å². The molecule has 0 heterocycles. The molecule has 0 saturated carbocycles. The third-order valence-corrected chi connectivity index (χ3v) is 2.75. The Morgan fingerprint density at radius 1 is 1.35 bits per heavy atom. The lowest BCUT2D eigenvalue weighted by Gasteiger charge is -2.32. The van der Waals surface area contributed by atoms with Gasteiger partial charge in [-0.05, 0) is 31.3 Å². The zero-order valence-electron chi connectivity index (χ0n) is 12.8. The molecule has 0 aliphatic rings. The normalized spacial score (nSPS) is 12.5. The maximum absolute atomic E-state index is 4.00. The van der Waals surface area contributed by atoms with Gasteiger partial charge in [0, 0.05) is 19.6 Å². The van der Waals surface area contributed by atoms with Gasteiger partial charge in [0.15, 0.2) is 0 Å². The third-order valence-electron chi connectivity index (χ3n) is 2.75. The van der Waals surface area contributed by atoms with Crippen LogP contribution in [0.3, 0.4) is 0 Å². The Morgan fingerprint density at radius 2 is 1.94 bits per heavy atom. The van der Waals surface area contributed by atoms with Crippen LogP contribution in [0.5, 0.6) is 0 Å². The maximum Gasteiger partial charge on any atom is 0.0187 e. The highest BCUT2D eigenvalue weighted by molar-refractivity contribution is 4.92. The van der Waals surface area contributed by atoms with Gasteiger partial charge in [-0.2, -0.15) is 0 Å². The van der Waals surface area contributed by atoms with Crippen molar-refractivity contribution >= 4 is 0 Å². The summed E-state index contributed by atoms with van der Waals surface area (Å²) in [5, 5.41) is 3.56. The first-order chi connectivity index (χ1) is 7.76. The molecule has 0 radical (unpaired) electrons. The van der Waals surface area contributed by atoms with Gasteiger partial charge >= 0.3 is 0 Å². The Bertz CT molecular complexity index is 219. The van der Waals surface area contributed by atoms with E-state index in [9.17, 15) is 0 Å². The van der Waals surface area contributed by atoms with Gasteiger partial charge in [0.1, 0.15) is 0 Å². The SMILES string of the molecule is C=C(C)CN(CC)CC(C)(C)CNCC(C)C. The lowest BCUT2D eigenvalue weighted by atomic mass is 9.92. The van der Waals surface area contributed by atoms with E-state index in [4.69, 9.17) is 0 Å². The quantitative estimate of drug-likeness (QED) is 0.623. The molecule has 0 aliphatic carbocycles. The largest absolute Gasteiger partial charge is 0.316 e. The van der Waals surface area contributed by atoms with Gasteiger partial charge in [0.25, 0.3) is 0 Å². The topological polar surface area (TPSA) is 15.3 Å². The molecule has 17 heavy (non-hydrogen) atoms. The van der Waals surface area contributed by atoms with Crippen molar-refractivity contribution in [1.82, 2.24) is 10.2 Å². The van der Waals surface area contributed by atoms with Crippen LogP contribution < -0.4 is 5.32 Å². The zero-order chi connectivity index (χ0) is 13.5. The molecule has 0 aromatic rings. The van der Waals surface area contributed by atoms with Crippen molar-refractivity contribution in [2.24, 2.45) is 11.3 Å². The fraction of sp³-hybridized carbons (Fsp3) is 0.867. The van der Waals surface area contributed by atoms with Crippen LogP contribution in [0.4, 0.5) is 0 Å². The summed E-state index contributed by atoms with van der Waals surface area (Å²) in [5.74, 6) is 0.725. The average molecular weight is 240 g/mol. The summed E-state index contributed by atoms with van der Waals surface area (Å²) in [5.41, 5.74) is 1.57. The lowest BCUT2D eigenvalue weighted by Crippen LogP contribution is -2.41. The molecule has 0 bridgehead atoms. The third kappa shape index (κ3) is 9.37. The lowest BCUT2D eigenvalue weighted by molar-refractivity contribution is 0.191. The summed E-state index contributed by atoms with van der Waals surface area (Å²) in [6, 6.07) is 0. The molecule has 0 rings (SSSR count). The number of rotatable bonds is 9. The highest BCUT2D eigenvalue weighted by Gasteiger charge is 2.20. The molecule has 0 spiro atoms. The molecule has 1 N–H and O–H groups in total. The molecular formula is C15H32N2. The Hall–Kier alpha value is -0.340. The van der Waals surface area contributed by atoms with Crippen molar-refractivity contribution < 1.29 is 0 Å². The molecule has 2 heteroatoms. The van der Waals surface area contributed by atoms with Crippen LogP contribution in [0.25, 0.3) is 0 Å². The molecule has 0 fully saturated rings. The summed E-state index contributed by atoms with van der Waals surface area (Å²) < 4.78 is 0. The predicted molar refractivity (Wildman–Crippen MR) is 78.4 cm³/mol. The number of likely N-dealkylation sites (N-methyl/N-ethyl adjacent to an activating group) is 1. The van der Waals surface area contributed by atoms with E-state index in [0.29, 0.717) is 5.41 Å². The highest BCUT2D eigenvalue weighted by Crippen LogP contribution is 2.16. The fourth-order valence-corrected chi connectivity index (χ4v) is 2.02. The van der Waals surface area contributed by atoms with Crippen molar-refractivity contribution in [2.45, 2.75) is 41.5 Å². The molecule has 102 valence electrons. The molecule has 2 nitrogen and oxygen atoms in total. The van der Waals surface area contributed by atoms with Gasteiger partial charge in [-0.15, -0.1) is 0 Å². The fourth-order valence-electron chi connectivity index (χ4n) is 2.02. The second-order valence-electron chi connectivity index (χ2n) is 6.45. The minimum Gasteiger partial charge on any atom is -0.316 e. The van der Waals surface area contributed by atoms with Crippen LogP contribution in [0.2, 0.25) is 0 Å². The summed E-state index contributed by atoms with van der Waals surface area (Å²) in [7, 11) is 0. The minimum atomic E-state index is 0.320. The summed E-state index contributed by atoms with van der Waals surface area (Å²) in [6.45, 7) is 22.9. The minimum absolute atomic E-state index is 0.320. The smallest absolute Gasteiger partial charge is 0.0187 e. The molecule has 0 amide bonds. The van der Waals surface area contributed by atoms with E-state index in [0.717, 1.165) is 38.6 Å². The Kier molecular flexibility index (Phi) is 7.73. The monoisotopic (exact) mass is 240 g/mol. The van der Waals surface area contributed by atoms with Gasteiger partial charge in [-0.25, -0.2) is 0 Å². The van der Waals surface area contributed by atoms with Crippen LogP contribution in [-0.4, -0.2) is 37.6 Å². The van der Waals surface area contributed by atoms with Gasteiger partial charge in [-0.1, -0.05) is 46.8 Å². The molecule has 0 aromatic carbocycles. The highest BCUT2D eigenvalue weighted by atomic mass is 15.1. The van der Waals surface area contributed by atoms with Crippen LogP contribution in [0.1, 0.15) is 41.5 Å². The van der Waals surface area contributed by atoms with Crippen molar-refractivity contribution in [3.05, 3.63) is 12.2 Å². The van der Waals surface area contributed by atoms with Crippen LogP contribution in [-0.2, 0) is 0 Å². The van der Waals surface area contributed by atoms with E-state index >= 15 is 0 Å². The van der Waals surface area contributed by atoms with Crippen molar-refractivity contribution in [3.63, 3.8) is 0 Å². The second-order valence-corrected chi connectivity index (χ2v) is 6.45. The van der Waals surface area contributed by atoms with E-state index in [1.807, 2.05) is 0 Å². The summed E-state index contributed by atoms with van der Waals surface area (Å²) >= 11 is 0. The first-order valence-corrected chi connectivity index (χ1v) is 6.84. The van der Waals surface area contributed by atoms with Crippen LogP contribution in [0, 0.1) is 11.3 Å². The Balaban J connectivity index is 4.06. The van der Waals surface area contributed by atoms with E-state index in [1.165, 1.54) is 5.57 Å². The average Bonchev–Trinajstić information content (AvgIpc) is 2.14. The van der Waals surface area contributed by atoms with Gasteiger partial charge in [-0.3, -0.25) is 4.90 Å². The van der Waals surface area contributed by atoms with Crippen LogP contribution in [0.15, 0.2) is 12.2 Å². The van der Waals surface area contributed by atoms with Crippen LogP contribution >= 0.6 is 0 Å². The van der Waals surface area contributed by atoms with E-state index in [-0.39, 0.29) is 0 Å².